The molecule has 5 nitrogen and oxygen atoms in total. The van der Waals surface area contributed by atoms with Crippen LogP contribution in [-0.2, 0) is 11.3 Å². The van der Waals surface area contributed by atoms with Crippen molar-refractivity contribution in [2.45, 2.75) is 44.7 Å². The maximum atomic E-state index is 13.1. The molecule has 4 rings (SSSR count). The van der Waals surface area contributed by atoms with E-state index in [0.717, 1.165) is 42.8 Å². The van der Waals surface area contributed by atoms with E-state index in [0.29, 0.717) is 19.6 Å². The van der Waals surface area contributed by atoms with Crippen LogP contribution in [0.1, 0.15) is 42.2 Å². The van der Waals surface area contributed by atoms with E-state index in [4.69, 9.17) is 4.52 Å². The fraction of sp³-hybridized carbons (Fsp3) is 0.500. The molecule has 0 radical (unpaired) electrons. The van der Waals surface area contributed by atoms with Crippen LogP contribution in [0.2, 0.25) is 0 Å². The summed E-state index contributed by atoms with van der Waals surface area (Å²) in [6.07, 6.45) is 3.08. The van der Waals surface area contributed by atoms with Gasteiger partial charge in [0.15, 0.2) is 0 Å². The molecule has 2 aromatic rings. The van der Waals surface area contributed by atoms with E-state index in [1.807, 2.05) is 17.9 Å². The molecule has 0 spiro atoms. The van der Waals surface area contributed by atoms with Crippen molar-refractivity contribution in [3.63, 3.8) is 0 Å². The van der Waals surface area contributed by atoms with Crippen molar-refractivity contribution in [3.8, 4) is 0 Å². The minimum absolute atomic E-state index is 0.0752. The standard InChI is InChI=1S/C20H24FN3O2/c1-14-10-18(22-26-14)16-12-24(13-16)20(25)19-4-2-3-9-23(19)11-15-5-7-17(21)8-6-15/h5-8,10,16,19H,2-4,9,11-13H2,1H3. The quantitative estimate of drug-likeness (QED) is 0.844. The lowest BCUT2D eigenvalue weighted by Gasteiger charge is -2.43. The number of amides is 1. The Bertz CT molecular complexity index is 768. The summed E-state index contributed by atoms with van der Waals surface area (Å²) in [4.78, 5) is 17.2. The number of carbonyl (C=O) groups excluding carboxylic acids is 1. The minimum atomic E-state index is -0.227. The Hall–Kier alpha value is -2.21. The Kier molecular flexibility index (Phi) is 4.76. The van der Waals surface area contributed by atoms with E-state index in [9.17, 15) is 9.18 Å². The van der Waals surface area contributed by atoms with Gasteiger partial charge < -0.3 is 9.42 Å². The summed E-state index contributed by atoms with van der Waals surface area (Å²) in [6.45, 7) is 4.91. The van der Waals surface area contributed by atoms with Gasteiger partial charge in [-0.1, -0.05) is 23.7 Å². The molecule has 0 N–H and O–H groups in total. The lowest BCUT2D eigenvalue weighted by atomic mass is 9.93. The summed E-state index contributed by atoms with van der Waals surface area (Å²) in [7, 11) is 0. The van der Waals surface area contributed by atoms with Gasteiger partial charge in [-0.05, 0) is 44.0 Å². The highest BCUT2D eigenvalue weighted by molar-refractivity contribution is 5.83. The van der Waals surface area contributed by atoms with Gasteiger partial charge in [0.2, 0.25) is 5.91 Å². The molecule has 2 aliphatic heterocycles. The normalized spacial score (nSPS) is 21.6. The molecule has 2 fully saturated rings. The number of likely N-dealkylation sites (tertiary alicyclic amines) is 2. The van der Waals surface area contributed by atoms with Gasteiger partial charge in [-0.15, -0.1) is 0 Å². The van der Waals surface area contributed by atoms with Gasteiger partial charge in [0.1, 0.15) is 11.6 Å². The molecule has 3 heterocycles. The Morgan fingerprint density at radius 3 is 2.73 bits per heavy atom. The third kappa shape index (κ3) is 3.51. The van der Waals surface area contributed by atoms with E-state index < -0.39 is 0 Å². The fourth-order valence-electron chi connectivity index (χ4n) is 3.92. The van der Waals surface area contributed by atoms with Crippen LogP contribution < -0.4 is 0 Å². The van der Waals surface area contributed by atoms with Crippen molar-refractivity contribution in [1.29, 1.82) is 0 Å². The molecule has 1 unspecified atom stereocenters. The van der Waals surface area contributed by atoms with Crippen LogP contribution in [-0.4, -0.2) is 46.5 Å². The van der Waals surface area contributed by atoms with E-state index in [2.05, 4.69) is 10.1 Å². The van der Waals surface area contributed by atoms with Gasteiger partial charge in [0.05, 0.1) is 11.7 Å². The van der Waals surface area contributed by atoms with Gasteiger partial charge in [0, 0.05) is 31.6 Å². The smallest absolute Gasteiger partial charge is 0.239 e. The first-order valence-corrected chi connectivity index (χ1v) is 9.30. The number of hydrogen-bond acceptors (Lipinski definition) is 4. The molecule has 1 aromatic carbocycles. The van der Waals surface area contributed by atoms with Crippen LogP contribution >= 0.6 is 0 Å². The molecule has 6 heteroatoms. The van der Waals surface area contributed by atoms with Crippen LogP contribution in [0.4, 0.5) is 4.39 Å². The van der Waals surface area contributed by atoms with Gasteiger partial charge in [-0.2, -0.15) is 0 Å². The molecule has 1 atom stereocenters. The highest BCUT2D eigenvalue weighted by Gasteiger charge is 2.39. The van der Waals surface area contributed by atoms with Crippen molar-refractivity contribution in [1.82, 2.24) is 15.0 Å². The number of aryl methyl sites for hydroxylation is 1. The molecule has 0 aliphatic carbocycles. The summed E-state index contributed by atoms with van der Waals surface area (Å²) < 4.78 is 18.3. The number of carbonyl (C=O) groups is 1. The zero-order valence-corrected chi connectivity index (χ0v) is 15.0. The summed E-state index contributed by atoms with van der Waals surface area (Å²) in [6, 6.07) is 8.45. The highest BCUT2D eigenvalue weighted by Crippen LogP contribution is 2.30. The molecule has 2 saturated heterocycles. The van der Waals surface area contributed by atoms with Crippen LogP contribution in [0.15, 0.2) is 34.9 Å². The van der Waals surface area contributed by atoms with E-state index in [-0.39, 0.29) is 23.7 Å². The zero-order valence-electron chi connectivity index (χ0n) is 15.0. The molecule has 138 valence electrons. The maximum absolute atomic E-state index is 13.1. The predicted molar refractivity (Wildman–Crippen MR) is 95.0 cm³/mol. The van der Waals surface area contributed by atoms with Gasteiger partial charge in [-0.25, -0.2) is 4.39 Å². The SMILES string of the molecule is Cc1cc(C2CN(C(=O)C3CCCCN3Cc3ccc(F)cc3)C2)no1. The highest BCUT2D eigenvalue weighted by atomic mass is 19.1. The Morgan fingerprint density at radius 2 is 2.04 bits per heavy atom. The molecule has 1 aromatic heterocycles. The topological polar surface area (TPSA) is 49.6 Å². The van der Waals surface area contributed by atoms with Gasteiger partial charge in [-0.3, -0.25) is 9.69 Å². The van der Waals surface area contributed by atoms with Crippen LogP contribution in [0.3, 0.4) is 0 Å². The summed E-state index contributed by atoms with van der Waals surface area (Å²) in [5, 5.41) is 4.07. The Labute approximate surface area is 152 Å². The zero-order chi connectivity index (χ0) is 18.1. The molecular weight excluding hydrogens is 333 g/mol. The van der Waals surface area contributed by atoms with Crippen LogP contribution in [0.25, 0.3) is 0 Å². The number of aromatic nitrogens is 1. The van der Waals surface area contributed by atoms with E-state index in [1.165, 1.54) is 12.1 Å². The molecule has 0 bridgehead atoms. The largest absolute Gasteiger partial charge is 0.361 e. The molecule has 1 amide bonds. The average Bonchev–Trinajstić information content (AvgIpc) is 3.02. The first kappa shape index (κ1) is 17.2. The van der Waals surface area contributed by atoms with Gasteiger partial charge in [0.25, 0.3) is 0 Å². The second-order valence-electron chi connectivity index (χ2n) is 7.41. The summed E-state index contributed by atoms with van der Waals surface area (Å²) >= 11 is 0. The number of benzene rings is 1. The van der Waals surface area contributed by atoms with Crippen LogP contribution in [0, 0.1) is 12.7 Å². The molecule has 0 saturated carbocycles. The second kappa shape index (κ2) is 7.19. The summed E-state index contributed by atoms with van der Waals surface area (Å²) in [5.74, 6) is 1.08. The lowest BCUT2D eigenvalue weighted by molar-refractivity contribution is -0.143. The number of halogens is 1. The Morgan fingerprint density at radius 1 is 1.27 bits per heavy atom. The predicted octanol–water partition coefficient (Wildman–Crippen LogP) is 3.10. The van der Waals surface area contributed by atoms with Crippen molar-refractivity contribution in [2.24, 2.45) is 0 Å². The van der Waals surface area contributed by atoms with Crippen molar-refractivity contribution >= 4 is 5.91 Å². The Balaban J connectivity index is 1.38. The minimum Gasteiger partial charge on any atom is -0.361 e. The first-order valence-electron chi connectivity index (χ1n) is 9.30. The van der Waals surface area contributed by atoms with E-state index in [1.54, 1.807) is 12.1 Å². The third-order valence-corrected chi connectivity index (χ3v) is 5.46. The maximum Gasteiger partial charge on any atom is 0.239 e. The number of nitrogens with zero attached hydrogens (tertiary/aromatic N) is 3. The fourth-order valence-corrected chi connectivity index (χ4v) is 3.92. The van der Waals surface area contributed by atoms with Crippen molar-refractivity contribution < 1.29 is 13.7 Å². The molecular formula is C20H24FN3O2. The number of hydrogen-bond donors (Lipinski definition) is 0. The van der Waals surface area contributed by atoms with Gasteiger partial charge >= 0.3 is 0 Å². The van der Waals surface area contributed by atoms with Crippen molar-refractivity contribution in [3.05, 3.63) is 53.2 Å². The molecule has 26 heavy (non-hydrogen) atoms. The van der Waals surface area contributed by atoms with Crippen molar-refractivity contribution in [2.75, 3.05) is 19.6 Å². The summed E-state index contributed by atoms with van der Waals surface area (Å²) in [5.41, 5.74) is 1.99. The second-order valence-corrected chi connectivity index (χ2v) is 7.41. The monoisotopic (exact) mass is 357 g/mol. The third-order valence-electron chi connectivity index (χ3n) is 5.46. The van der Waals surface area contributed by atoms with E-state index >= 15 is 0 Å². The number of piperidine rings is 1. The first-order chi connectivity index (χ1) is 12.6. The average molecular weight is 357 g/mol. The number of rotatable bonds is 4. The lowest BCUT2D eigenvalue weighted by Crippen LogP contribution is -2.57. The van der Waals surface area contributed by atoms with Crippen LogP contribution in [0.5, 0.6) is 0 Å². The molecule has 2 aliphatic rings.